The van der Waals surface area contributed by atoms with Crippen LogP contribution in [0.3, 0.4) is 0 Å². The molecular weight excluding hydrogens is 552 g/mol. The van der Waals surface area contributed by atoms with Crippen molar-refractivity contribution < 1.29 is 23.8 Å². The van der Waals surface area contributed by atoms with E-state index in [0.717, 1.165) is 34.5 Å². The number of nitrogens with zero attached hydrogens (tertiary/aromatic N) is 3. The molecule has 0 saturated carbocycles. The van der Waals surface area contributed by atoms with Crippen molar-refractivity contribution in [2.24, 2.45) is 0 Å². The molecule has 0 saturated heterocycles. The molecular formula is C32H32N4O5S. The maximum atomic E-state index is 13.9. The normalized spacial score (nSPS) is 16.5. The summed E-state index contributed by atoms with van der Waals surface area (Å²) in [6.45, 7) is 4.01. The highest BCUT2D eigenvalue weighted by Crippen LogP contribution is 2.50. The van der Waals surface area contributed by atoms with Crippen LogP contribution in [0, 0.1) is 0 Å². The lowest BCUT2D eigenvalue weighted by Crippen LogP contribution is -2.44. The molecule has 2 atom stereocenters. The number of benzene rings is 3. The fraction of sp³-hybridized carbons (Fsp3) is 0.281. The number of thioether (sulfide) groups is 1. The van der Waals surface area contributed by atoms with Gasteiger partial charge in [0.05, 0.1) is 29.5 Å². The number of aromatic nitrogens is 2. The van der Waals surface area contributed by atoms with Crippen molar-refractivity contribution in [1.82, 2.24) is 15.1 Å². The Balaban J connectivity index is 1.58. The second kappa shape index (κ2) is 11.8. The van der Waals surface area contributed by atoms with Crippen LogP contribution in [0.15, 0.2) is 72.8 Å². The second-order valence-electron chi connectivity index (χ2n) is 10.2. The zero-order valence-electron chi connectivity index (χ0n) is 23.7. The fourth-order valence-corrected chi connectivity index (χ4v) is 6.33. The van der Waals surface area contributed by atoms with E-state index in [1.165, 1.54) is 11.8 Å². The Morgan fingerprint density at radius 2 is 1.86 bits per heavy atom. The molecule has 42 heavy (non-hydrogen) atoms. The molecule has 3 aromatic carbocycles. The third-order valence-corrected chi connectivity index (χ3v) is 8.73. The Morgan fingerprint density at radius 3 is 2.60 bits per heavy atom. The molecule has 0 fully saturated rings. The number of anilines is 1. The lowest BCUT2D eigenvalue weighted by atomic mass is 9.99. The monoisotopic (exact) mass is 584 g/mol. The van der Waals surface area contributed by atoms with E-state index < -0.39 is 0 Å². The van der Waals surface area contributed by atoms with Crippen molar-refractivity contribution in [2.75, 3.05) is 31.1 Å². The number of fused-ring (bicyclic) bond motifs is 2. The molecule has 0 spiro atoms. The van der Waals surface area contributed by atoms with Gasteiger partial charge in [-0.3, -0.25) is 14.5 Å². The van der Waals surface area contributed by atoms with Gasteiger partial charge >= 0.3 is 0 Å². The summed E-state index contributed by atoms with van der Waals surface area (Å²) in [5.74, 6) is 2.41. The first-order valence-corrected chi connectivity index (χ1v) is 14.9. The van der Waals surface area contributed by atoms with Crippen LogP contribution in [0.25, 0.3) is 16.9 Å². The van der Waals surface area contributed by atoms with Crippen LogP contribution in [0.2, 0.25) is 0 Å². The van der Waals surface area contributed by atoms with Gasteiger partial charge in [0.2, 0.25) is 18.6 Å². The average Bonchev–Trinajstić information content (AvgIpc) is 3.62. The number of nitrogens with one attached hydrogen (secondary N) is 1. The number of carbonyl (C=O) groups is 2. The highest BCUT2D eigenvalue weighted by Gasteiger charge is 2.38. The summed E-state index contributed by atoms with van der Waals surface area (Å²) < 4.78 is 18.4. The maximum absolute atomic E-state index is 13.9. The van der Waals surface area contributed by atoms with Crippen molar-refractivity contribution in [3.05, 3.63) is 83.9 Å². The molecule has 216 valence electrons. The molecule has 1 aromatic heterocycles. The number of rotatable bonds is 8. The van der Waals surface area contributed by atoms with Crippen molar-refractivity contribution >= 4 is 29.4 Å². The number of ether oxygens (including phenoxy) is 3. The van der Waals surface area contributed by atoms with Gasteiger partial charge < -0.3 is 19.5 Å². The molecule has 2 aliphatic heterocycles. The molecule has 0 unspecified atom stereocenters. The van der Waals surface area contributed by atoms with Gasteiger partial charge in [0.1, 0.15) is 18.1 Å². The Morgan fingerprint density at radius 1 is 1.10 bits per heavy atom. The largest absolute Gasteiger partial charge is 0.497 e. The topological polar surface area (TPSA) is 94.9 Å². The molecule has 0 radical (unpaired) electrons. The summed E-state index contributed by atoms with van der Waals surface area (Å²) in [7, 11) is 1.62. The number of methoxy groups -OCH3 is 1. The van der Waals surface area contributed by atoms with Crippen LogP contribution < -0.4 is 24.4 Å². The Hall–Kier alpha value is -4.44. The van der Waals surface area contributed by atoms with Crippen LogP contribution in [0.5, 0.6) is 17.2 Å². The molecule has 9 nitrogen and oxygen atoms in total. The number of hydrogen-bond donors (Lipinski definition) is 1. The van der Waals surface area contributed by atoms with Crippen LogP contribution >= 0.6 is 11.8 Å². The maximum Gasteiger partial charge on any atom is 0.240 e. The minimum atomic E-state index is -0.275. The molecule has 10 heteroatoms. The first-order chi connectivity index (χ1) is 20.5. The van der Waals surface area contributed by atoms with E-state index in [2.05, 4.69) is 5.32 Å². The zero-order chi connectivity index (χ0) is 29.2. The molecule has 1 N–H and O–H groups in total. The SMILES string of the molecule is CC[C@@H](C)NC(=O)CN1C(=O)CS[C@H](c2ccc3c(c2)OCO3)c2c(-c3ccccc3)nn(-c3ccc(OC)cc3)c21. The molecule has 0 bridgehead atoms. The Kier molecular flexibility index (Phi) is 7.80. The van der Waals surface area contributed by atoms with E-state index in [-0.39, 0.29) is 42.2 Å². The van der Waals surface area contributed by atoms with Crippen molar-refractivity contribution in [3.63, 3.8) is 0 Å². The van der Waals surface area contributed by atoms with E-state index >= 15 is 0 Å². The van der Waals surface area contributed by atoms with Crippen LogP contribution in [0.4, 0.5) is 5.82 Å². The Labute approximate surface area is 248 Å². The summed E-state index contributed by atoms with van der Waals surface area (Å²) in [4.78, 5) is 28.7. The lowest BCUT2D eigenvalue weighted by Gasteiger charge is -2.24. The van der Waals surface area contributed by atoms with Crippen LogP contribution in [0.1, 0.15) is 36.6 Å². The first kappa shape index (κ1) is 27.7. The number of hydrogen-bond acceptors (Lipinski definition) is 7. The molecule has 2 aliphatic rings. The summed E-state index contributed by atoms with van der Waals surface area (Å²) in [6.07, 6.45) is 0.787. The summed E-state index contributed by atoms with van der Waals surface area (Å²) in [6, 6.07) is 23.3. The minimum absolute atomic E-state index is 0.0128. The van der Waals surface area contributed by atoms with Crippen molar-refractivity contribution in [2.45, 2.75) is 31.6 Å². The molecule has 3 heterocycles. The van der Waals surface area contributed by atoms with E-state index in [0.29, 0.717) is 23.1 Å². The molecule has 0 aliphatic carbocycles. The molecule has 4 aromatic rings. The fourth-order valence-electron chi connectivity index (χ4n) is 5.14. The van der Waals surface area contributed by atoms with Gasteiger partial charge in [0, 0.05) is 17.2 Å². The van der Waals surface area contributed by atoms with Gasteiger partial charge in [-0.25, -0.2) is 4.68 Å². The lowest BCUT2D eigenvalue weighted by molar-refractivity contribution is -0.123. The first-order valence-electron chi connectivity index (χ1n) is 13.9. The number of amides is 2. The van der Waals surface area contributed by atoms with E-state index in [1.54, 1.807) is 16.7 Å². The quantitative estimate of drug-likeness (QED) is 0.298. The highest BCUT2D eigenvalue weighted by molar-refractivity contribution is 8.00. The third-order valence-electron chi connectivity index (χ3n) is 7.47. The van der Waals surface area contributed by atoms with Crippen LogP contribution in [-0.4, -0.2) is 53.8 Å². The standard InChI is InChI=1S/C32H32N4O5S/c1-4-20(2)33-27(37)17-35-28(38)18-42-31(22-10-15-25-26(16-22)41-19-40-25)29-30(21-8-6-5-7-9-21)34-36(32(29)35)23-11-13-24(39-3)14-12-23/h5-16,20,31H,4,17-19H2,1-3H3,(H,33,37)/t20-,31-/m1/s1. The zero-order valence-corrected chi connectivity index (χ0v) is 24.5. The summed E-state index contributed by atoms with van der Waals surface area (Å²) in [5, 5.41) is 7.87. The Bertz CT molecular complexity index is 1610. The van der Waals surface area contributed by atoms with Gasteiger partial charge in [-0.1, -0.05) is 43.3 Å². The number of carbonyl (C=O) groups excluding carboxylic acids is 2. The predicted octanol–water partition coefficient (Wildman–Crippen LogP) is 5.36. The van der Waals surface area contributed by atoms with E-state index in [1.807, 2.05) is 86.6 Å². The van der Waals surface area contributed by atoms with Gasteiger partial charge in [0.15, 0.2) is 11.5 Å². The van der Waals surface area contributed by atoms with Crippen molar-refractivity contribution in [3.8, 4) is 34.2 Å². The van der Waals surface area contributed by atoms with E-state index in [4.69, 9.17) is 19.3 Å². The predicted molar refractivity (Wildman–Crippen MR) is 163 cm³/mol. The second-order valence-corrected chi connectivity index (χ2v) is 11.3. The van der Waals surface area contributed by atoms with Crippen LogP contribution in [-0.2, 0) is 9.59 Å². The van der Waals surface area contributed by atoms with Crippen molar-refractivity contribution in [1.29, 1.82) is 0 Å². The average molecular weight is 585 g/mol. The van der Waals surface area contributed by atoms with Gasteiger partial charge in [-0.15, -0.1) is 11.8 Å². The van der Waals surface area contributed by atoms with E-state index in [9.17, 15) is 9.59 Å². The van der Waals surface area contributed by atoms with Gasteiger partial charge in [0.25, 0.3) is 0 Å². The summed E-state index contributed by atoms with van der Waals surface area (Å²) >= 11 is 1.51. The molecule has 2 amide bonds. The highest BCUT2D eigenvalue weighted by atomic mass is 32.2. The van der Waals surface area contributed by atoms with Gasteiger partial charge in [-0.05, 0) is 55.3 Å². The summed E-state index contributed by atoms with van der Waals surface area (Å²) in [5.41, 5.74) is 4.19. The molecule has 6 rings (SSSR count). The minimum Gasteiger partial charge on any atom is -0.497 e. The third kappa shape index (κ3) is 5.30. The smallest absolute Gasteiger partial charge is 0.240 e. The van der Waals surface area contributed by atoms with Gasteiger partial charge in [-0.2, -0.15) is 5.10 Å².